The molecule has 0 unspecified atom stereocenters. The summed E-state index contributed by atoms with van der Waals surface area (Å²) in [6.45, 7) is 4.74. The summed E-state index contributed by atoms with van der Waals surface area (Å²) in [4.78, 5) is 36.2. The fourth-order valence-electron chi connectivity index (χ4n) is 2.84. The highest BCUT2D eigenvalue weighted by atomic mass is 16.6. The van der Waals surface area contributed by atoms with E-state index >= 15 is 0 Å². The highest BCUT2D eigenvalue weighted by molar-refractivity contribution is 6.02. The molecule has 0 saturated carbocycles. The minimum absolute atomic E-state index is 0.198. The van der Waals surface area contributed by atoms with Crippen molar-refractivity contribution in [3.63, 3.8) is 0 Å². The van der Waals surface area contributed by atoms with Gasteiger partial charge in [0.25, 0.3) is 5.91 Å². The molecule has 2 aromatic rings. The van der Waals surface area contributed by atoms with E-state index in [0.717, 1.165) is 0 Å². The number of nitrogens with one attached hydrogen (secondary N) is 2. The first-order valence-electron chi connectivity index (χ1n) is 10.1. The van der Waals surface area contributed by atoms with Gasteiger partial charge in [-0.3, -0.25) is 10.1 Å². The molecule has 0 bridgehead atoms. The normalized spacial score (nSPS) is 11.8. The Balaban J connectivity index is 1.50. The molecule has 0 radical (unpaired) electrons. The van der Waals surface area contributed by atoms with Gasteiger partial charge in [-0.25, -0.2) is 9.59 Å². The lowest BCUT2D eigenvalue weighted by molar-refractivity contribution is -0.123. The van der Waals surface area contributed by atoms with Crippen molar-refractivity contribution in [1.82, 2.24) is 5.32 Å². The lowest BCUT2D eigenvalue weighted by Crippen LogP contribution is -2.37. The van der Waals surface area contributed by atoms with Crippen molar-refractivity contribution in [2.24, 2.45) is 0 Å². The second-order valence-corrected chi connectivity index (χ2v) is 6.46. The van der Waals surface area contributed by atoms with Crippen LogP contribution in [0.25, 0.3) is 0 Å². The van der Waals surface area contributed by atoms with Crippen molar-refractivity contribution in [3.8, 4) is 23.0 Å². The van der Waals surface area contributed by atoms with E-state index in [1.54, 1.807) is 24.3 Å². The maximum absolute atomic E-state index is 12.2. The van der Waals surface area contributed by atoms with Crippen LogP contribution in [0.4, 0.5) is 10.5 Å². The molecular weight excluding hydrogens is 420 g/mol. The smallest absolute Gasteiger partial charge is 0.338 e. The molecule has 3 rings (SSSR count). The van der Waals surface area contributed by atoms with Gasteiger partial charge in [0.1, 0.15) is 13.2 Å². The van der Waals surface area contributed by atoms with Crippen LogP contribution < -0.4 is 29.6 Å². The van der Waals surface area contributed by atoms with Crippen LogP contribution >= 0.6 is 0 Å². The van der Waals surface area contributed by atoms with Gasteiger partial charge >= 0.3 is 12.0 Å². The summed E-state index contributed by atoms with van der Waals surface area (Å²) < 4.78 is 26.7. The molecule has 0 fully saturated rings. The lowest BCUT2D eigenvalue weighted by atomic mass is 10.2. The van der Waals surface area contributed by atoms with Crippen LogP contribution in [-0.4, -0.2) is 50.9 Å². The van der Waals surface area contributed by atoms with E-state index in [4.69, 9.17) is 23.7 Å². The van der Waals surface area contributed by atoms with Crippen LogP contribution in [0.1, 0.15) is 24.2 Å². The summed E-state index contributed by atoms with van der Waals surface area (Å²) in [7, 11) is 0. The Morgan fingerprint density at radius 2 is 1.62 bits per heavy atom. The molecule has 0 saturated heterocycles. The zero-order chi connectivity index (χ0) is 22.9. The number of benzene rings is 2. The van der Waals surface area contributed by atoms with E-state index in [-0.39, 0.29) is 5.56 Å². The van der Waals surface area contributed by atoms with E-state index in [1.165, 1.54) is 12.1 Å². The molecule has 2 N–H and O–H groups in total. The average molecular weight is 444 g/mol. The summed E-state index contributed by atoms with van der Waals surface area (Å²) in [5, 5.41) is 4.61. The van der Waals surface area contributed by atoms with Gasteiger partial charge in [-0.15, -0.1) is 0 Å². The Morgan fingerprint density at radius 3 is 2.38 bits per heavy atom. The Labute approximate surface area is 184 Å². The average Bonchev–Trinajstić information content (AvgIpc) is 2.79. The van der Waals surface area contributed by atoms with Crippen molar-refractivity contribution in [2.45, 2.75) is 13.8 Å². The molecule has 1 aliphatic rings. The maximum Gasteiger partial charge on any atom is 0.338 e. The van der Waals surface area contributed by atoms with Crippen molar-refractivity contribution in [2.75, 3.05) is 38.4 Å². The number of hydrogen-bond acceptors (Lipinski definition) is 8. The highest BCUT2D eigenvalue weighted by Crippen LogP contribution is 2.31. The molecule has 0 aromatic heterocycles. The number of ether oxygens (including phenoxy) is 5. The molecule has 1 aliphatic heterocycles. The van der Waals surface area contributed by atoms with Crippen molar-refractivity contribution in [1.29, 1.82) is 0 Å². The van der Waals surface area contributed by atoms with Gasteiger partial charge in [0.05, 0.1) is 18.8 Å². The maximum atomic E-state index is 12.2. The summed E-state index contributed by atoms with van der Waals surface area (Å²) in [5.74, 6) is 0.448. The van der Waals surface area contributed by atoms with Crippen molar-refractivity contribution in [3.05, 3.63) is 42.0 Å². The monoisotopic (exact) mass is 444 g/mol. The van der Waals surface area contributed by atoms with Gasteiger partial charge in [0.15, 0.2) is 29.6 Å². The molecule has 0 aliphatic carbocycles. The first-order valence-corrected chi connectivity index (χ1v) is 10.1. The molecule has 10 heteroatoms. The predicted octanol–water partition coefficient (Wildman–Crippen LogP) is 2.76. The molecule has 0 atom stereocenters. The molecule has 0 spiro atoms. The molecule has 32 heavy (non-hydrogen) atoms. The third-order valence-corrected chi connectivity index (χ3v) is 4.17. The Bertz CT molecular complexity index is 992. The third-order valence-electron chi connectivity index (χ3n) is 4.17. The zero-order valence-electron chi connectivity index (χ0n) is 17.8. The van der Waals surface area contributed by atoms with Crippen LogP contribution in [0.5, 0.6) is 23.0 Å². The van der Waals surface area contributed by atoms with Gasteiger partial charge in [-0.1, -0.05) is 0 Å². The zero-order valence-corrected chi connectivity index (χ0v) is 17.8. The van der Waals surface area contributed by atoms with E-state index < -0.39 is 24.5 Å². The van der Waals surface area contributed by atoms with E-state index in [0.29, 0.717) is 55.1 Å². The first-order chi connectivity index (χ1) is 15.5. The standard InChI is InChI=1S/C22H24N2O8/c1-3-28-16-8-6-15(12-19(16)29-4-2)23-22(27)24-20(25)13-32-21(26)14-5-7-17-18(11-14)31-10-9-30-17/h5-8,11-12H,3-4,9-10,13H2,1-2H3,(H2,23,24,25,27). The Morgan fingerprint density at radius 1 is 0.906 bits per heavy atom. The Hall–Kier alpha value is -3.95. The quantitative estimate of drug-likeness (QED) is 0.596. The van der Waals surface area contributed by atoms with E-state index in [9.17, 15) is 14.4 Å². The van der Waals surface area contributed by atoms with E-state index in [1.807, 2.05) is 13.8 Å². The number of carbonyl (C=O) groups is 3. The number of carbonyl (C=O) groups excluding carboxylic acids is 3. The molecule has 10 nitrogen and oxygen atoms in total. The number of hydrogen-bond donors (Lipinski definition) is 2. The predicted molar refractivity (Wildman–Crippen MR) is 114 cm³/mol. The van der Waals surface area contributed by atoms with Gasteiger partial charge in [0, 0.05) is 11.8 Å². The molecule has 3 amide bonds. The van der Waals surface area contributed by atoms with Crippen molar-refractivity contribution >= 4 is 23.6 Å². The lowest BCUT2D eigenvalue weighted by Gasteiger charge is -2.18. The summed E-state index contributed by atoms with van der Waals surface area (Å²) >= 11 is 0. The second-order valence-electron chi connectivity index (χ2n) is 6.46. The van der Waals surface area contributed by atoms with Gasteiger partial charge < -0.3 is 29.0 Å². The van der Waals surface area contributed by atoms with E-state index in [2.05, 4.69) is 10.6 Å². The summed E-state index contributed by atoms with van der Waals surface area (Å²) in [6.07, 6.45) is 0. The fraction of sp³-hybridized carbons (Fsp3) is 0.318. The SMILES string of the molecule is CCOc1ccc(NC(=O)NC(=O)COC(=O)c2ccc3c(c2)OCCO3)cc1OCC. The summed E-state index contributed by atoms with van der Waals surface area (Å²) in [5.41, 5.74) is 0.597. The fourth-order valence-corrected chi connectivity index (χ4v) is 2.84. The number of anilines is 1. The molecule has 2 aromatic carbocycles. The topological polar surface area (TPSA) is 121 Å². The Kier molecular flexibility index (Phi) is 7.74. The highest BCUT2D eigenvalue weighted by Gasteiger charge is 2.17. The molecule has 170 valence electrons. The first kappa shape index (κ1) is 22.7. The molecular formula is C22H24N2O8. The van der Waals surface area contributed by atoms with Crippen LogP contribution in [0, 0.1) is 0 Å². The number of imide groups is 1. The second kappa shape index (κ2) is 10.9. The third kappa shape index (κ3) is 6.03. The van der Waals surface area contributed by atoms with Gasteiger partial charge in [-0.05, 0) is 44.2 Å². The van der Waals surface area contributed by atoms with Gasteiger partial charge in [-0.2, -0.15) is 0 Å². The number of fused-ring (bicyclic) bond motifs is 1. The number of urea groups is 1. The van der Waals surface area contributed by atoms with Crippen LogP contribution in [0.15, 0.2) is 36.4 Å². The van der Waals surface area contributed by atoms with Crippen LogP contribution in [0.2, 0.25) is 0 Å². The van der Waals surface area contributed by atoms with Crippen molar-refractivity contribution < 1.29 is 38.1 Å². The summed E-state index contributed by atoms with van der Waals surface area (Å²) in [6, 6.07) is 8.63. The van der Waals surface area contributed by atoms with Crippen LogP contribution in [-0.2, 0) is 9.53 Å². The largest absolute Gasteiger partial charge is 0.490 e. The minimum atomic E-state index is -0.788. The number of rotatable bonds is 8. The van der Waals surface area contributed by atoms with Crippen LogP contribution in [0.3, 0.4) is 0 Å². The number of esters is 1. The number of amides is 3. The van der Waals surface area contributed by atoms with Gasteiger partial charge in [0.2, 0.25) is 0 Å². The molecule has 1 heterocycles. The minimum Gasteiger partial charge on any atom is -0.490 e.